The highest BCUT2D eigenvalue weighted by molar-refractivity contribution is 7.19. The number of hydrogen-bond acceptors (Lipinski definition) is 6. The lowest BCUT2D eigenvalue weighted by Gasteiger charge is -2.07. The van der Waals surface area contributed by atoms with Gasteiger partial charge in [0.05, 0.1) is 29.7 Å². The van der Waals surface area contributed by atoms with Crippen molar-refractivity contribution in [2.24, 2.45) is 0 Å². The predicted octanol–water partition coefficient (Wildman–Crippen LogP) is 4.78. The number of carbonyl (C=O) groups excluding carboxylic acids is 1. The summed E-state index contributed by atoms with van der Waals surface area (Å²) in [4.78, 5) is 32.4. The third-order valence-electron chi connectivity index (χ3n) is 4.42. The van der Waals surface area contributed by atoms with Gasteiger partial charge in [-0.3, -0.25) is 14.2 Å². The van der Waals surface area contributed by atoms with E-state index in [4.69, 9.17) is 4.74 Å². The first kappa shape index (κ1) is 18.6. The van der Waals surface area contributed by atoms with E-state index < -0.39 is 0 Å². The van der Waals surface area contributed by atoms with E-state index in [1.807, 2.05) is 49.6 Å². The minimum absolute atomic E-state index is 0.0140. The van der Waals surface area contributed by atoms with E-state index in [9.17, 15) is 9.59 Å². The normalized spacial score (nSPS) is 11.1. The van der Waals surface area contributed by atoms with E-state index in [0.717, 1.165) is 21.8 Å². The van der Waals surface area contributed by atoms with Crippen molar-refractivity contribution in [3.05, 3.63) is 68.2 Å². The van der Waals surface area contributed by atoms with Crippen LogP contribution in [0.4, 0.5) is 0 Å². The molecule has 0 saturated heterocycles. The van der Waals surface area contributed by atoms with Crippen LogP contribution in [0.2, 0.25) is 0 Å². The number of Topliss-reactive ketones (excluding diaryl/α,β-unsaturated/α-hetero) is 1. The van der Waals surface area contributed by atoms with Gasteiger partial charge in [0.1, 0.15) is 10.6 Å². The van der Waals surface area contributed by atoms with Crippen LogP contribution < -0.4 is 10.3 Å². The fourth-order valence-electron chi connectivity index (χ4n) is 3.15. The average Bonchev–Trinajstić information content (AvgIpc) is 3.33. The average molecular weight is 411 g/mol. The lowest BCUT2D eigenvalue weighted by Crippen LogP contribution is -2.24. The molecule has 28 heavy (non-hydrogen) atoms. The molecule has 0 N–H and O–H groups in total. The van der Waals surface area contributed by atoms with Crippen molar-refractivity contribution >= 4 is 38.7 Å². The molecule has 0 unspecified atom stereocenters. The Morgan fingerprint density at radius 2 is 2.00 bits per heavy atom. The van der Waals surface area contributed by atoms with Crippen molar-refractivity contribution < 1.29 is 9.53 Å². The van der Waals surface area contributed by atoms with Gasteiger partial charge in [-0.2, -0.15) is 0 Å². The molecule has 1 aromatic carbocycles. The molecule has 5 nitrogen and oxygen atoms in total. The van der Waals surface area contributed by atoms with Crippen LogP contribution in [-0.4, -0.2) is 21.9 Å². The monoisotopic (exact) mass is 410 g/mol. The van der Waals surface area contributed by atoms with Gasteiger partial charge in [-0.15, -0.1) is 22.7 Å². The second-order valence-electron chi connectivity index (χ2n) is 6.25. The Kier molecular flexibility index (Phi) is 5.11. The van der Waals surface area contributed by atoms with Gasteiger partial charge in [0.25, 0.3) is 5.56 Å². The zero-order valence-corrected chi connectivity index (χ0v) is 17.1. The van der Waals surface area contributed by atoms with Gasteiger partial charge in [0.15, 0.2) is 5.78 Å². The topological polar surface area (TPSA) is 61.2 Å². The molecular formula is C21H18N2O3S2. The van der Waals surface area contributed by atoms with E-state index in [-0.39, 0.29) is 17.9 Å². The van der Waals surface area contributed by atoms with Crippen LogP contribution in [0.3, 0.4) is 0 Å². The number of thiophene rings is 2. The number of nitrogens with zero attached hydrogens (tertiary/aromatic N) is 2. The van der Waals surface area contributed by atoms with Crippen LogP contribution in [0, 0.1) is 6.92 Å². The van der Waals surface area contributed by atoms with Crippen molar-refractivity contribution in [2.45, 2.75) is 20.4 Å². The minimum atomic E-state index is -0.192. The Balaban J connectivity index is 1.78. The van der Waals surface area contributed by atoms with E-state index in [1.165, 1.54) is 33.6 Å². The number of carbonyl (C=O) groups is 1. The largest absolute Gasteiger partial charge is 0.494 e. The molecule has 0 aliphatic heterocycles. The number of aryl methyl sites for hydroxylation is 1. The lowest BCUT2D eigenvalue weighted by atomic mass is 10.0. The number of aromatic nitrogens is 2. The highest BCUT2D eigenvalue weighted by Gasteiger charge is 2.18. The maximum Gasteiger partial charge on any atom is 0.263 e. The van der Waals surface area contributed by atoms with E-state index >= 15 is 0 Å². The van der Waals surface area contributed by atoms with Crippen LogP contribution in [0.5, 0.6) is 5.75 Å². The third-order valence-corrected chi connectivity index (χ3v) is 6.34. The number of hydrogen-bond donors (Lipinski definition) is 0. The number of benzene rings is 1. The Labute approximate surface area is 169 Å². The lowest BCUT2D eigenvalue weighted by molar-refractivity contribution is 0.0974. The summed E-state index contributed by atoms with van der Waals surface area (Å²) in [5.74, 6) is 0.702. The Morgan fingerprint density at radius 3 is 2.68 bits per heavy atom. The maximum absolute atomic E-state index is 13.2. The highest BCUT2D eigenvalue weighted by Crippen LogP contribution is 2.36. The molecule has 0 spiro atoms. The van der Waals surface area contributed by atoms with E-state index in [1.54, 1.807) is 6.07 Å². The standard InChI is InChI=1S/C21H18N2O3S2/c1-3-26-15-8-6-14(7-9-15)18-13(2)28-20-19(18)21(25)23(12-22-20)11-16(24)17-5-4-10-27-17/h4-10,12H,3,11H2,1-2H3. The fourth-order valence-corrected chi connectivity index (χ4v) is 4.81. The highest BCUT2D eigenvalue weighted by atomic mass is 32.1. The number of ketones is 1. The Hall–Kier alpha value is -2.77. The first-order valence-corrected chi connectivity index (χ1v) is 10.6. The Bertz CT molecular complexity index is 1190. The van der Waals surface area contributed by atoms with Crippen molar-refractivity contribution in [2.75, 3.05) is 6.61 Å². The van der Waals surface area contributed by atoms with Gasteiger partial charge >= 0.3 is 0 Å². The van der Waals surface area contributed by atoms with Crippen molar-refractivity contribution in [1.82, 2.24) is 9.55 Å². The molecule has 3 heterocycles. The van der Waals surface area contributed by atoms with Gasteiger partial charge in [-0.05, 0) is 43.0 Å². The van der Waals surface area contributed by atoms with Gasteiger partial charge < -0.3 is 4.74 Å². The molecular weight excluding hydrogens is 392 g/mol. The van der Waals surface area contributed by atoms with Gasteiger partial charge in [-0.1, -0.05) is 18.2 Å². The summed E-state index contributed by atoms with van der Waals surface area (Å²) in [6.07, 6.45) is 1.47. The molecule has 0 radical (unpaired) electrons. The molecule has 142 valence electrons. The Morgan fingerprint density at radius 1 is 1.21 bits per heavy atom. The number of fused-ring (bicyclic) bond motifs is 1. The summed E-state index contributed by atoms with van der Waals surface area (Å²) in [6, 6.07) is 11.3. The molecule has 4 rings (SSSR count). The predicted molar refractivity (Wildman–Crippen MR) is 114 cm³/mol. The first-order chi connectivity index (χ1) is 13.6. The van der Waals surface area contributed by atoms with Gasteiger partial charge in [0.2, 0.25) is 0 Å². The van der Waals surface area contributed by atoms with Crippen LogP contribution >= 0.6 is 22.7 Å². The zero-order chi connectivity index (χ0) is 19.7. The molecule has 0 atom stereocenters. The van der Waals surface area contributed by atoms with Gasteiger partial charge in [-0.25, -0.2) is 4.98 Å². The number of ether oxygens (including phenoxy) is 1. The summed E-state index contributed by atoms with van der Waals surface area (Å²) >= 11 is 2.86. The quantitative estimate of drug-likeness (QED) is 0.429. The molecule has 0 saturated carbocycles. The summed E-state index contributed by atoms with van der Waals surface area (Å²) in [5.41, 5.74) is 1.62. The first-order valence-electron chi connectivity index (χ1n) is 8.87. The summed E-state index contributed by atoms with van der Waals surface area (Å²) in [7, 11) is 0. The molecule has 3 aromatic heterocycles. The van der Waals surface area contributed by atoms with Crippen molar-refractivity contribution in [3.63, 3.8) is 0 Å². The van der Waals surface area contributed by atoms with Crippen LogP contribution in [0.1, 0.15) is 21.5 Å². The van der Waals surface area contributed by atoms with Crippen LogP contribution in [-0.2, 0) is 6.54 Å². The maximum atomic E-state index is 13.2. The van der Waals surface area contributed by atoms with Crippen LogP contribution in [0.25, 0.3) is 21.3 Å². The van der Waals surface area contributed by atoms with Gasteiger partial charge in [0, 0.05) is 10.4 Å². The molecule has 0 fully saturated rings. The molecule has 0 aliphatic carbocycles. The third kappa shape index (κ3) is 3.39. The number of rotatable bonds is 6. The second kappa shape index (κ2) is 7.69. The molecule has 0 aliphatic rings. The summed E-state index contributed by atoms with van der Waals surface area (Å²) < 4.78 is 6.90. The summed E-state index contributed by atoms with van der Waals surface area (Å²) in [5, 5.41) is 2.41. The molecule has 7 heteroatoms. The molecule has 0 bridgehead atoms. The SMILES string of the molecule is CCOc1ccc(-c2c(C)sc3ncn(CC(=O)c4cccs4)c(=O)c23)cc1. The van der Waals surface area contributed by atoms with Crippen LogP contribution in [0.15, 0.2) is 52.9 Å². The van der Waals surface area contributed by atoms with Crippen molar-refractivity contribution in [3.8, 4) is 16.9 Å². The smallest absolute Gasteiger partial charge is 0.263 e. The van der Waals surface area contributed by atoms with E-state index in [0.29, 0.717) is 21.7 Å². The fraction of sp³-hybridized carbons (Fsp3) is 0.190. The summed E-state index contributed by atoms with van der Waals surface area (Å²) in [6.45, 7) is 4.52. The van der Waals surface area contributed by atoms with E-state index in [2.05, 4.69) is 4.98 Å². The second-order valence-corrected chi connectivity index (χ2v) is 8.40. The van der Waals surface area contributed by atoms with Crippen molar-refractivity contribution in [1.29, 1.82) is 0 Å². The minimum Gasteiger partial charge on any atom is -0.494 e. The molecule has 4 aromatic rings. The zero-order valence-electron chi connectivity index (χ0n) is 15.5. The molecule has 0 amide bonds.